The fourth-order valence-corrected chi connectivity index (χ4v) is 1.78. The largest absolute Gasteiger partial charge is 0.392 e. The van der Waals surface area contributed by atoms with Crippen molar-refractivity contribution < 1.29 is 5.11 Å². The molecule has 1 N–H and O–H groups in total. The van der Waals surface area contributed by atoms with Crippen LogP contribution in [-0.2, 0) is 0 Å². The lowest BCUT2D eigenvalue weighted by molar-refractivity contribution is 0.0888. The van der Waals surface area contributed by atoms with Crippen LogP contribution in [0.4, 0.5) is 0 Å². The van der Waals surface area contributed by atoms with E-state index in [1.54, 1.807) is 0 Å². The Bertz CT molecular complexity index is 144. The van der Waals surface area contributed by atoms with Crippen LogP contribution in [-0.4, -0.2) is 11.2 Å². The fourth-order valence-electron chi connectivity index (χ4n) is 1.78. The van der Waals surface area contributed by atoms with Gasteiger partial charge in [-0.3, -0.25) is 0 Å². The Morgan fingerprint density at radius 2 is 2.00 bits per heavy atom. The molecule has 2 heteroatoms. The van der Waals surface area contributed by atoms with Crippen molar-refractivity contribution >= 4 is 0 Å². The molecule has 0 amide bonds. The first-order chi connectivity index (χ1) is 5.34. The van der Waals surface area contributed by atoms with E-state index in [9.17, 15) is 5.11 Å². The van der Waals surface area contributed by atoms with Gasteiger partial charge in [-0.15, -0.1) is 0 Å². The van der Waals surface area contributed by atoms with Crippen LogP contribution in [0.1, 0.15) is 38.5 Å². The molecule has 11 heavy (non-hydrogen) atoms. The van der Waals surface area contributed by atoms with Crippen molar-refractivity contribution in [2.45, 2.75) is 44.6 Å². The third-order valence-electron chi connectivity index (χ3n) is 2.49. The molecule has 62 valence electrons. The minimum atomic E-state index is -0.361. The van der Waals surface area contributed by atoms with Gasteiger partial charge in [-0.2, -0.15) is 5.26 Å². The van der Waals surface area contributed by atoms with E-state index in [2.05, 4.69) is 0 Å². The van der Waals surface area contributed by atoms with E-state index >= 15 is 0 Å². The normalized spacial score (nSPS) is 22.5. The fraction of sp³-hybridized carbons (Fsp3) is 0.889. The smallest absolute Gasteiger partial charge is 0.0698 e. The third-order valence-corrected chi connectivity index (χ3v) is 2.49. The molecular formula is C9H15NO. The zero-order valence-corrected chi connectivity index (χ0v) is 6.79. The molecule has 1 aliphatic carbocycles. The minimum Gasteiger partial charge on any atom is -0.392 e. The van der Waals surface area contributed by atoms with Gasteiger partial charge in [0, 0.05) is 0 Å². The summed E-state index contributed by atoms with van der Waals surface area (Å²) in [5.74, 6) is 0.406. The molecule has 2 nitrogen and oxygen atoms in total. The number of nitrogens with zero attached hydrogens (tertiary/aromatic N) is 1. The third kappa shape index (κ3) is 2.51. The quantitative estimate of drug-likeness (QED) is 0.657. The van der Waals surface area contributed by atoms with E-state index < -0.39 is 0 Å². The van der Waals surface area contributed by atoms with Crippen molar-refractivity contribution in [3.63, 3.8) is 0 Å². The van der Waals surface area contributed by atoms with E-state index in [4.69, 9.17) is 5.26 Å². The molecule has 0 aromatic rings. The Labute approximate surface area is 67.8 Å². The van der Waals surface area contributed by atoms with Gasteiger partial charge in [-0.05, 0) is 18.8 Å². The maximum absolute atomic E-state index is 9.45. The number of hydrogen-bond donors (Lipinski definition) is 1. The van der Waals surface area contributed by atoms with Crippen LogP contribution in [0.15, 0.2) is 0 Å². The lowest BCUT2D eigenvalue weighted by atomic mass is 9.84. The second-order valence-corrected chi connectivity index (χ2v) is 3.33. The molecule has 0 aliphatic heterocycles. The van der Waals surface area contributed by atoms with Crippen molar-refractivity contribution in [1.82, 2.24) is 0 Å². The summed E-state index contributed by atoms with van der Waals surface area (Å²) < 4.78 is 0. The topological polar surface area (TPSA) is 44.0 Å². The molecule has 0 spiro atoms. The summed E-state index contributed by atoms with van der Waals surface area (Å²) in [6.45, 7) is 0. The number of hydrogen-bond acceptors (Lipinski definition) is 2. The molecule has 1 unspecified atom stereocenters. The molecule has 0 saturated heterocycles. The van der Waals surface area contributed by atoms with Crippen LogP contribution in [0.25, 0.3) is 0 Å². The molecular weight excluding hydrogens is 138 g/mol. The maximum Gasteiger partial charge on any atom is 0.0698 e. The SMILES string of the molecule is N#CCC(O)C1CCCCC1. The first-order valence-electron chi connectivity index (χ1n) is 4.39. The van der Waals surface area contributed by atoms with Gasteiger partial charge in [0.15, 0.2) is 0 Å². The Hall–Kier alpha value is -0.550. The second-order valence-electron chi connectivity index (χ2n) is 3.33. The summed E-state index contributed by atoms with van der Waals surface area (Å²) in [4.78, 5) is 0. The van der Waals surface area contributed by atoms with Gasteiger partial charge in [-0.25, -0.2) is 0 Å². The van der Waals surface area contributed by atoms with Crippen molar-refractivity contribution in [2.24, 2.45) is 5.92 Å². The molecule has 0 aromatic carbocycles. The lowest BCUT2D eigenvalue weighted by Gasteiger charge is -2.24. The van der Waals surface area contributed by atoms with Crippen LogP contribution in [0.5, 0.6) is 0 Å². The summed E-state index contributed by atoms with van der Waals surface area (Å²) >= 11 is 0. The van der Waals surface area contributed by atoms with E-state index in [-0.39, 0.29) is 6.10 Å². The van der Waals surface area contributed by atoms with Gasteiger partial charge in [0.25, 0.3) is 0 Å². The molecule has 0 radical (unpaired) electrons. The van der Waals surface area contributed by atoms with Crippen LogP contribution < -0.4 is 0 Å². The predicted octanol–water partition coefficient (Wildman–Crippen LogP) is 1.84. The van der Waals surface area contributed by atoms with Crippen molar-refractivity contribution in [3.05, 3.63) is 0 Å². The summed E-state index contributed by atoms with van der Waals surface area (Å²) in [5, 5.41) is 17.8. The highest BCUT2D eigenvalue weighted by Gasteiger charge is 2.20. The summed E-state index contributed by atoms with van der Waals surface area (Å²) in [6, 6.07) is 2.01. The molecule has 1 saturated carbocycles. The summed E-state index contributed by atoms with van der Waals surface area (Å²) in [7, 11) is 0. The molecule has 1 fully saturated rings. The number of rotatable bonds is 2. The van der Waals surface area contributed by atoms with Gasteiger partial charge >= 0.3 is 0 Å². The standard InChI is InChI=1S/C9H15NO/c10-7-6-9(11)8-4-2-1-3-5-8/h8-9,11H,1-6H2. The van der Waals surface area contributed by atoms with Crippen LogP contribution >= 0.6 is 0 Å². The van der Waals surface area contributed by atoms with Crippen molar-refractivity contribution in [3.8, 4) is 6.07 Å². The van der Waals surface area contributed by atoms with Crippen molar-refractivity contribution in [2.75, 3.05) is 0 Å². The Balaban J connectivity index is 2.27. The second kappa shape index (κ2) is 4.35. The minimum absolute atomic E-state index is 0.310. The van der Waals surface area contributed by atoms with E-state index in [0.29, 0.717) is 12.3 Å². The Kier molecular flexibility index (Phi) is 3.38. The molecule has 0 bridgehead atoms. The van der Waals surface area contributed by atoms with Gasteiger partial charge in [0.1, 0.15) is 0 Å². The average molecular weight is 153 g/mol. The zero-order valence-electron chi connectivity index (χ0n) is 6.79. The van der Waals surface area contributed by atoms with Gasteiger partial charge in [-0.1, -0.05) is 19.3 Å². The lowest BCUT2D eigenvalue weighted by Crippen LogP contribution is -2.22. The van der Waals surface area contributed by atoms with E-state index in [1.807, 2.05) is 6.07 Å². The predicted molar refractivity (Wildman–Crippen MR) is 42.8 cm³/mol. The molecule has 0 aromatic heterocycles. The Morgan fingerprint density at radius 3 is 2.55 bits per heavy atom. The highest BCUT2D eigenvalue weighted by atomic mass is 16.3. The number of aliphatic hydroxyl groups excluding tert-OH is 1. The van der Waals surface area contributed by atoms with Crippen LogP contribution in [0.3, 0.4) is 0 Å². The van der Waals surface area contributed by atoms with Crippen LogP contribution in [0, 0.1) is 17.2 Å². The van der Waals surface area contributed by atoms with E-state index in [0.717, 1.165) is 12.8 Å². The monoisotopic (exact) mass is 153 g/mol. The van der Waals surface area contributed by atoms with Gasteiger partial charge < -0.3 is 5.11 Å². The molecule has 1 rings (SSSR count). The summed E-state index contributed by atoms with van der Waals surface area (Å²) in [5.41, 5.74) is 0. The molecule has 0 heterocycles. The summed E-state index contributed by atoms with van der Waals surface area (Å²) in [6.07, 6.45) is 5.94. The zero-order chi connectivity index (χ0) is 8.10. The first kappa shape index (κ1) is 8.55. The van der Waals surface area contributed by atoms with E-state index in [1.165, 1.54) is 19.3 Å². The number of aliphatic hydroxyl groups is 1. The number of nitriles is 1. The highest BCUT2D eigenvalue weighted by Crippen LogP contribution is 2.27. The highest BCUT2D eigenvalue weighted by molar-refractivity contribution is 4.81. The average Bonchev–Trinajstić information content (AvgIpc) is 2.07. The first-order valence-corrected chi connectivity index (χ1v) is 4.39. The van der Waals surface area contributed by atoms with Crippen molar-refractivity contribution in [1.29, 1.82) is 5.26 Å². The maximum atomic E-state index is 9.45. The Morgan fingerprint density at radius 1 is 1.36 bits per heavy atom. The van der Waals surface area contributed by atoms with Crippen LogP contribution in [0.2, 0.25) is 0 Å². The van der Waals surface area contributed by atoms with Gasteiger partial charge in [0.2, 0.25) is 0 Å². The molecule has 1 aliphatic rings. The molecule has 1 atom stereocenters. The van der Waals surface area contributed by atoms with Gasteiger partial charge in [0.05, 0.1) is 18.6 Å².